The van der Waals surface area contributed by atoms with Gasteiger partial charge in [-0.3, -0.25) is 4.79 Å². The predicted molar refractivity (Wildman–Crippen MR) is 66.2 cm³/mol. The maximum absolute atomic E-state index is 12.0. The molecule has 0 spiro atoms. The normalized spacial score (nSPS) is 16.6. The fourth-order valence-corrected chi connectivity index (χ4v) is 1.60. The van der Waals surface area contributed by atoms with Crippen molar-refractivity contribution in [3.63, 3.8) is 0 Å². The van der Waals surface area contributed by atoms with Gasteiger partial charge in [0.25, 0.3) is 0 Å². The molecule has 4 heteroatoms. The second kappa shape index (κ2) is 7.63. The third-order valence-electron chi connectivity index (χ3n) is 3.10. The molecule has 0 saturated heterocycles. The van der Waals surface area contributed by atoms with Crippen LogP contribution in [0.1, 0.15) is 34.6 Å². The summed E-state index contributed by atoms with van der Waals surface area (Å²) in [7, 11) is 0. The topological polar surface area (TPSA) is 52.6 Å². The summed E-state index contributed by atoms with van der Waals surface area (Å²) in [6.07, 6.45) is 0. The summed E-state index contributed by atoms with van der Waals surface area (Å²) in [6.45, 7) is 11.4. The van der Waals surface area contributed by atoms with E-state index in [2.05, 4.69) is 5.32 Å². The van der Waals surface area contributed by atoms with E-state index in [1.165, 1.54) is 0 Å². The van der Waals surface area contributed by atoms with Crippen molar-refractivity contribution in [3.8, 4) is 0 Å². The maximum Gasteiger partial charge on any atom is 0.239 e. The molecule has 4 nitrogen and oxygen atoms in total. The molecule has 0 aliphatic carbocycles. The Labute approximate surface area is 99.0 Å². The first kappa shape index (κ1) is 15.4. The van der Waals surface area contributed by atoms with Crippen molar-refractivity contribution in [1.82, 2.24) is 10.2 Å². The van der Waals surface area contributed by atoms with Crippen molar-refractivity contribution >= 4 is 5.91 Å². The molecular formula is C12H26N2O2. The summed E-state index contributed by atoms with van der Waals surface area (Å²) >= 11 is 0. The molecule has 0 aliphatic heterocycles. The van der Waals surface area contributed by atoms with Crippen LogP contribution in [0, 0.1) is 5.92 Å². The molecule has 0 fully saturated rings. The van der Waals surface area contributed by atoms with Crippen LogP contribution in [-0.2, 0) is 4.79 Å². The largest absolute Gasteiger partial charge is 0.396 e. The average Bonchev–Trinajstić information content (AvgIpc) is 2.29. The van der Waals surface area contributed by atoms with E-state index in [0.29, 0.717) is 0 Å². The molecule has 3 atom stereocenters. The Balaban J connectivity index is 4.23. The number of nitrogens with zero attached hydrogens (tertiary/aromatic N) is 1. The Hall–Kier alpha value is -0.610. The van der Waals surface area contributed by atoms with Gasteiger partial charge >= 0.3 is 0 Å². The van der Waals surface area contributed by atoms with Crippen molar-refractivity contribution in [2.75, 3.05) is 19.7 Å². The van der Waals surface area contributed by atoms with E-state index in [1.807, 2.05) is 39.5 Å². The Morgan fingerprint density at radius 3 is 2.12 bits per heavy atom. The molecule has 0 saturated carbocycles. The standard InChI is InChI=1S/C12H26N2O2/c1-6-14(7-2)12(16)11(5)13-10(4)9(3)8-15/h9-11,13,15H,6-8H2,1-5H3. The van der Waals surface area contributed by atoms with Crippen molar-refractivity contribution in [2.45, 2.75) is 46.7 Å². The first-order valence-corrected chi connectivity index (χ1v) is 6.13. The minimum Gasteiger partial charge on any atom is -0.396 e. The lowest BCUT2D eigenvalue weighted by molar-refractivity contribution is -0.132. The van der Waals surface area contributed by atoms with E-state index in [9.17, 15) is 4.79 Å². The molecule has 0 heterocycles. The smallest absolute Gasteiger partial charge is 0.239 e. The summed E-state index contributed by atoms with van der Waals surface area (Å²) in [4.78, 5) is 13.8. The summed E-state index contributed by atoms with van der Waals surface area (Å²) < 4.78 is 0. The molecule has 1 amide bonds. The summed E-state index contributed by atoms with van der Waals surface area (Å²) in [6, 6.07) is -0.0524. The van der Waals surface area contributed by atoms with Gasteiger partial charge in [0.15, 0.2) is 0 Å². The number of rotatable bonds is 7. The highest BCUT2D eigenvalue weighted by Crippen LogP contribution is 2.03. The number of aliphatic hydroxyl groups excluding tert-OH is 1. The molecule has 0 bridgehead atoms. The van der Waals surface area contributed by atoms with Crippen molar-refractivity contribution < 1.29 is 9.90 Å². The van der Waals surface area contributed by atoms with Crippen LogP contribution in [-0.4, -0.2) is 47.7 Å². The molecule has 0 aromatic carbocycles. The molecule has 0 radical (unpaired) electrons. The fraction of sp³-hybridized carbons (Fsp3) is 0.917. The monoisotopic (exact) mass is 230 g/mol. The van der Waals surface area contributed by atoms with Crippen LogP contribution in [0.4, 0.5) is 0 Å². The van der Waals surface area contributed by atoms with E-state index in [1.54, 1.807) is 0 Å². The highest BCUT2D eigenvalue weighted by molar-refractivity contribution is 5.81. The van der Waals surface area contributed by atoms with Gasteiger partial charge in [-0.2, -0.15) is 0 Å². The van der Waals surface area contributed by atoms with Gasteiger partial charge < -0.3 is 15.3 Å². The third-order valence-corrected chi connectivity index (χ3v) is 3.10. The van der Waals surface area contributed by atoms with Gasteiger partial charge in [0.05, 0.1) is 6.04 Å². The van der Waals surface area contributed by atoms with Gasteiger partial charge in [-0.15, -0.1) is 0 Å². The van der Waals surface area contributed by atoms with Crippen molar-refractivity contribution in [2.24, 2.45) is 5.92 Å². The van der Waals surface area contributed by atoms with E-state index in [0.717, 1.165) is 13.1 Å². The summed E-state index contributed by atoms with van der Waals surface area (Å²) in [5, 5.41) is 12.3. The summed E-state index contributed by atoms with van der Waals surface area (Å²) in [5.74, 6) is 0.286. The molecule has 0 rings (SSSR count). The van der Waals surface area contributed by atoms with Gasteiger partial charge in [-0.25, -0.2) is 0 Å². The van der Waals surface area contributed by atoms with Crippen LogP contribution in [0.5, 0.6) is 0 Å². The highest BCUT2D eigenvalue weighted by atomic mass is 16.3. The zero-order valence-corrected chi connectivity index (χ0v) is 11.2. The van der Waals surface area contributed by atoms with Gasteiger partial charge in [0, 0.05) is 25.7 Å². The number of hydrogen-bond donors (Lipinski definition) is 2. The minimum absolute atomic E-state index is 0.127. The Morgan fingerprint density at radius 2 is 1.75 bits per heavy atom. The second-order valence-corrected chi connectivity index (χ2v) is 4.35. The van der Waals surface area contributed by atoms with Crippen LogP contribution in [0.15, 0.2) is 0 Å². The number of aliphatic hydroxyl groups is 1. The molecule has 0 aliphatic rings. The Kier molecular flexibility index (Phi) is 7.34. The van der Waals surface area contributed by atoms with Gasteiger partial charge in [-0.1, -0.05) is 6.92 Å². The zero-order chi connectivity index (χ0) is 12.7. The van der Waals surface area contributed by atoms with Gasteiger partial charge in [0.1, 0.15) is 0 Å². The predicted octanol–water partition coefficient (Wildman–Crippen LogP) is 0.850. The summed E-state index contributed by atoms with van der Waals surface area (Å²) in [5.41, 5.74) is 0. The average molecular weight is 230 g/mol. The number of carbonyl (C=O) groups excluding carboxylic acids is 1. The first-order chi connectivity index (χ1) is 7.47. The molecular weight excluding hydrogens is 204 g/mol. The van der Waals surface area contributed by atoms with E-state index >= 15 is 0 Å². The SMILES string of the molecule is CCN(CC)C(=O)C(C)NC(C)C(C)CO. The molecule has 0 aromatic heterocycles. The zero-order valence-electron chi connectivity index (χ0n) is 11.2. The lowest BCUT2D eigenvalue weighted by atomic mass is 10.0. The first-order valence-electron chi connectivity index (χ1n) is 6.13. The van der Waals surface area contributed by atoms with Crippen molar-refractivity contribution in [3.05, 3.63) is 0 Å². The van der Waals surface area contributed by atoms with Crippen LogP contribution in [0.25, 0.3) is 0 Å². The quantitative estimate of drug-likeness (QED) is 0.682. The van der Waals surface area contributed by atoms with Crippen LogP contribution in [0.3, 0.4) is 0 Å². The van der Waals surface area contributed by atoms with Crippen LogP contribution < -0.4 is 5.32 Å². The molecule has 2 N–H and O–H groups in total. The molecule has 96 valence electrons. The van der Waals surface area contributed by atoms with Crippen LogP contribution in [0.2, 0.25) is 0 Å². The van der Waals surface area contributed by atoms with Crippen LogP contribution >= 0.6 is 0 Å². The lowest BCUT2D eigenvalue weighted by Crippen LogP contribution is -2.49. The van der Waals surface area contributed by atoms with E-state index < -0.39 is 0 Å². The number of hydrogen-bond acceptors (Lipinski definition) is 3. The molecule has 3 unspecified atom stereocenters. The number of carbonyl (C=O) groups is 1. The minimum atomic E-state index is -0.191. The van der Waals surface area contributed by atoms with E-state index in [-0.39, 0.29) is 30.5 Å². The van der Waals surface area contributed by atoms with Crippen molar-refractivity contribution in [1.29, 1.82) is 0 Å². The van der Waals surface area contributed by atoms with Gasteiger partial charge in [-0.05, 0) is 33.6 Å². The number of nitrogens with one attached hydrogen (secondary N) is 1. The highest BCUT2D eigenvalue weighted by Gasteiger charge is 2.21. The number of likely N-dealkylation sites (N-methyl/N-ethyl adjacent to an activating group) is 1. The van der Waals surface area contributed by atoms with Gasteiger partial charge in [0.2, 0.25) is 5.91 Å². The number of amides is 1. The fourth-order valence-electron chi connectivity index (χ4n) is 1.60. The van der Waals surface area contributed by atoms with E-state index in [4.69, 9.17) is 5.11 Å². The third kappa shape index (κ3) is 4.49. The lowest BCUT2D eigenvalue weighted by Gasteiger charge is -2.27. The molecule has 0 aromatic rings. The Bertz CT molecular complexity index is 205. The second-order valence-electron chi connectivity index (χ2n) is 4.35. The molecule has 16 heavy (non-hydrogen) atoms. The Morgan fingerprint density at radius 1 is 1.25 bits per heavy atom. The maximum atomic E-state index is 12.0.